The molecule has 1 aliphatic rings. The fraction of sp³-hybridized carbons (Fsp3) is 0.179. The van der Waals surface area contributed by atoms with Crippen molar-refractivity contribution >= 4 is 28.8 Å². The van der Waals surface area contributed by atoms with Crippen molar-refractivity contribution in [1.29, 1.82) is 0 Å². The summed E-state index contributed by atoms with van der Waals surface area (Å²) < 4.78 is 5.47. The van der Waals surface area contributed by atoms with Crippen LogP contribution in [0.4, 0.5) is 22.9 Å². The predicted octanol–water partition coefficient (Wildman–Crippen LogP) is 5.28. The van der Waals surface area contributed by atoms with E-state index in [1.807, 2.05) is 85.8 Å². The number of nitrogens with one attached hydrogen (secondary N) is 2. The minimum absolute atomic E-state index is 0.168. The molecular formula is C28H27N5O2. The molecule has 176 valence electrons. The fourth-order valence-corrected chi connectivity index (χ4v) is 4.13. The zero-order valence-corrected chi connectivity index (χ0v) is 19.6. The summed E-state index contributed by atoms with van der Waals surface area (Å²) in [4.78, 5) is 24.5. The number of ether oxygens (including phenoxy) is 1. The number of benzene rings is 3. The molecule has 0 spiro atoms. The SMILES string of the molecule is Cc1nc(Nc2cccc(C(=O)Nc3ccccc3N3CCOCC3)c2)cc(-c2ccccc2)n1. The molecule has 0 radical (unpaired) electrons. The van der Waals surface area contributed by atoms with Crippen molar-refractivity contribution in [2.24, 2.45) is 0 Å². The Morgan fingerprint density at radius 2 is 1.66 bits per heavy atom. The van der Waals surface area contributed by atoms with E-state index >= 15 is 0 Å². The summed E-state index contributed by atoms with van der Waals surface area (Å²) in [6.45, 7) is 4.84. The fourth-order valence-electron chi connectivity index (χ4n) is 4.13. The molecule has 1 aromatic heterocycles. The van der Waals surface area contributed by atoms with Gasteiger partial charge in [0.05, 0.1) is 30.3 Å². The van der Waals surface area contributed by atoms with Gasteiger partial charge < -0.3 is 20.3 Å². The third kappa shape index (κ3) is 5.47. The highest BCUT2D eigenvalue weighted by Crippen LogP contribution is 2.27. The van der Waals surface area contributed by atoms with E-state index in [0.717, 1.165) is 41.4 Å². The lowest BCUT2D eigenvalue weighted by Gasteiger charge is -2.30. The molecule has 7 heteroatoms. The van der Waals surface area contributed by atoms with E-state index in [4.69, 9.17) is 4.74 Å². The van der Waals surface area contributed by atoms with Crippen molar-refractivity contribution in [2.45, 2.75) is 6.92 Å². The van der Waals surface area contributed by atoms with Crippen molar-refractivity contribution in [3.8, 4) is 11.3 Å². The second-order valence-electron chi connectivity index (χ2n) is 8.33. The lowest BCUT2D eigenvalue weighted by molar-refractivity contribution is 0.102. The highest BCUT2D eigenvalue weighted by atomic mass is 16.5. The normalized spacial score (nSPS) is 13.3. The lowest BCUT2D eigenvalue weighted by Crippen LogP contribution is -2.36. The van der Waals surface area contributed by atoms with E-state index < -0.39 is 0 Å². The van der Waals surface area contributed by atoms with Gasteiger partial charge in [-0.3, -0.25) is 4.79 Å². The third-order valence-electron chi connectivity index (χ3n) is 5.81. The number of hydrogen-bond acceptors (Lipinski definition) is 6. The molecule has 2 N–H and O–H groups in total. The number of hydrogen-bond donors (Lipinski definition) is 2. The topological polar surface area (TPSA) is 79.4 Å². The highest BCUT2D eigenvalue weighted by Gasteiger charge is 2.16. The van der Waals surface area contributed by atoms with Gasteiger partial charge in [-0.1, -0.05) is 48.5 Å². The molecule has 1 saturated heterocycles. The number of para-hydroxylation sites is 2. The van der Waals surface area contributed by atoms with Crippen molar-refractivity contribution in [3.05, 3.63) is 96.3 Å². The second kappa shape index (κ2) is 10.4. The first-order chi connectivity index (χ1) is 17.2. The molecule has 3 aromatic carbocycles. The Bertz CT molecular complexity index is 1320. The van der Waals surface area contributed by atoms with Crippen molar-refractivity contribution < 1.29 is 9.53 Å². The van der Waals surface area contributed by atoms with E-state index in [1.54, 1.807) is 6.07 Å². The maximum absolute atomic E-state index is 13.1. The second-order valence-corrected chi connectivity index (χ2v) is 8.33. The van der Waals surface area contributed by atoms with Crippen LogP contribution in [0, 0.1) is 6.92 Å². The largest absolute Gasteiger partial charge is 0.378 e. The maximum Gasteiger partial charge on any atom is 0.255 e. The van der Waals surface area contributed by atoms with Gasteiger partial charge in [-0.05, 0) is 37.3 Å². The standard InChI is InChI=1S/C28H27N5O2/c1-20-29-25(21-8-3-2-4-9-21)19-27(30-20)31-23-11-7-10-22(18-23)28(34)32-24-12-5-6-13-26(24)33-14-16-35-17-15-33/h2-13,18-19H,14-17H2,1H3,(H,32,34)(H,29,30,31). The smallest absolute Gasteiger partial charge is 0.255 e. The van der Waals surface area contributed by atoms with Gasteiger partial charge in [-0.25, -0.2) is 9.97 Å². The molecule has 7 nitrogen and oxygen atoms in total. The summed E-state index contributed by atoms with van der Waals surface area (Å²) >= 11 is 0. The van der Waals surface area contributed by atoms with Crippen molar-refractivity contribution in [2.75, 3.05) is 41.8 Å². The molecular weight excluding hydrogens is 438 g/mol. The zero-order valence-electron chi connectivity index (χ0n) is 19.6. The molecule has 0 unspecified atom stereocenters. The summed E-state index contributed by atoms with van der Waals surface area (Å²) in [5.74, 6) is 1.17. The molecule has 0 bridgehead atoms. The van der Waals surface area contributed by atoms with E-state index in [0.29, 0.717) is 30.4 Å². The van der Waals surface area contributed by atoms with E-state index in [-0.39, 0.29) is 5.91 Å². The molecule has 1 amide bonds. The van der Waals surface area contributed by atoms with Gasteiger partial charge >= 0.3 is 0 Å². The van der Waals surface area contributed by atoms with Crippen LogP contribution < -0.4 is 15.5 Å². The first-order valence-corrected chi connectivity index (χ1v) is 11.7. The van der Waals surface area contributed by atoms with Crippen molar-refractivity contribution in [1.82, 2.24) is 9.97 Å². The molecule has 2 heterocycles. The third-order valence-corrected chi connectivity index (χ3v) is 5.81. The maximum atomic E-state index is 13.1. The predicted molar refractivity (Wildman–Crippen MR) is 139 cm³/mol. The van der Waals surface area contributed by atoms with Crippen LogP contribution in [-0.2, 0) is 4.74 Å². The Labute approximate surface area is 204 Å². The Hall–Kier alpha value is -4.23. The van der Waals surface area contributed by atoms with Gasteiger partial charge in [0.2, 0.25) is 0 Å². The van der Waals surface area contributed by atoms with Gasteiger partial charge in [-0.15, -0.1) is 0 Å². The number of carbonyl (C=O) groups is 1. The highest BCUT2D eigenvalue weighted by molar-refractivity contribution is 6.06. The summed E-state index contributed by atoms with van der Waals surface area (Å²) in [5.41, 5.74) is 4.99. The number of rotatable bonds is 6. The van der Waals surface area contributed by atoms with Crippen LogP contribution in [0.2, 0.25) is 0 Å². The average molecular weight is 466 g/mol. The molecule has 4 aromatic rings. The van der Waals surface area contributed by atoms with Crippen LogP contribution in [0.15, 0.2) is 84.9 Å². The summed E-state index contributed by atoms with van der Waals surface area (Å²) in [5, 5.41) is 6.40. The number of anilines is 4. The molecule has 0 aliphatic carbocycles. The minimum atomic E-state index is -0.168. The molecule has 1 fully saturated rings. The molecule has 0 atom stereocenters. The molecule has 0 saturated carbocycles. The minimum Gasteiger partial charge on any atom is -0.378 e. The molecule has 35 heavy (non-hydrogen) atoms. The number of carbonyl (C=O) groups excluding carboxylic acids is 1. The lowest BCUT2D eigenvalue weighted by atomic mass is 10.1. The number of amides is 1. The van der Waals surface area contributed by atoms with Crippen molar-refractivity contribution in [3.63, 3.8) is 0 Å². The summed E-state index contributed by atoms with van der Waals surface area (Å²) in [6.07, 6.45) is 0. The number of aryl methyl sites for hydroxylation is 1. The molecule has 1 aliphatic heterocycles. The Balaban J connectivity index is 1.34. The first-order valence-electron chi connectivity index (χ1n) is 11.7. The summed E-state index contributed by atoms with van der Waals surface area (Å²) in [7, 11) is 0. The van der Waals surface area contributed by atoms with Crippen LogP contribution in [-0.4, -0.2) is 42.2 Å². The van der Waals surface area contributed by atoms with Crippen LogP contribution >= 0.6 is 0 Å². The Morgan fingerprint density at radius 3 is 2.49 bits per heavy atom. The average Bonchev–Trinajstić information content (AvgIpc) is 2.90. The van der Waals surface area contributed by atoms with E-state index in [1.165, 1.54) is 0 Å². The van der Waals surface area contributed by atoms with Crippen LogP contribution in [0.3, 0.4) is 0 Å². The van der Waals surface area contributed by atoms with Crippen LogP contribution in [0.25, 0.3) is 11.3 Å². The van der Waals surface area contributed by atoms with Gasteiger partial charge in [-0.2, -0.15) is 0 Å². The van der Waals surface area contributed by atoms with Crippen LogP contribution in [0.5, 0.6) is 0 Å². The summed E-state index contributed by atoms with van der Waals surface area (Å²) in [6, 6.07) is 27.2. The monoisotopic (exact) mass is 465 g/mol. The Kier molecular flexibility index (Phi) is 6.68. The number of aromatic nitrogens is 2. The number of morpholine rings is 1. The van der Waals surface area contributed by atoms with Gasteiger partial charge in [0, 0.05) is 36.0 Å². The zero-order chi connectivity index (χ0) is 24.0. The van der Waals surface area contributed by atoms with E-state index in [2.05, 4.69) is 25.5 Å². The molecule has 5 rings (SSSR count). The number of nitrogens with zero attached hydrogens (tertiary/aromatic N) is 3. The van der Waals surface area contributed by atoms with Gasteiger partial charge in [0.1, 0.15) is 11.6 Å². The van der Waals surface area contributed by atoms with Gasteiger partial charge in [0.25, 0.3) is 5.91 Å². The van der Waals surface area contributed by atoms with Gasteiger partial charge in [0.15, 0.2) is 0 Å². The van der Waals surface area contributed by atoms with Crippen LogP contribution in [0.1, 0.15) is 16.2 Å². The first kappa shape index (κ1) is 22.6. The Morgan fingerprint density at radius 1 is 0.886 bits per heavy atom. The van der Waals surface area contributed by atoms with E-state index in [9.17, 15) is 4.79 Å². The quantitative estimate of drug-likeness (QED) is 0.403.